The summed E-state index contributed by atoms with van der Waals surface area (Å²) < 4.78 is 82.8. The number of aryl methyl sites for hydroxylation is 1. The number of pyridine rings is 1. The second-order valence-corrected chi connectivity index (χ2v) is 13.0. The third kappa shape index (κ3) is 5.29. The number of carbonyl (C=O) groups is 1. The van der Waals surface area contributed by atoms with Gasteiger partial charge in [0, 0.05) is 17.6 Å². The minimum Gasteiger partial charge on any atom is -0.366 e. The molecule has 2 heterocycles. The van der Waals surface area contributed by atoms with E-state index in [-0.39, 0.29) is 22.2 Å². The van der Waals surface area contributed by atoms with Gasteiger partial charge in [0.15, 0.2) is 9.84 Å². The van der Waals surface area contributed by atoms with Gasteiger partial charge in [-0.3, -0.25) is 9.78 Å². The fraction of sp³-hybridized carbons (Fsp3) is 0.500. The van der Waals surface area contributed by atoms with Gasteiger partial charge in [0.25, 0.3) is 5.91 Å². The molecule has 1 amide bonds. The number of halogens is 4. The maximum absolute atomic E-state index is 14.6. The zero-order chi connectivity index (χ0) is 28.9. The number of primary amides is 1. The molecule has 1 aliphatic carbocycles. The average Bonchev–Trinajstić information content (AvgIpc) is 3.21. The Labute approximate surface area is 225 Å². The van der Waals surface area contributed by atoms with E-state index in [0.29, 0.717) is 22.2 Å². The predicted molar refractivity (Wildman–Crippen MR) is 142 cm³/mol. The Morgan fingerprint density at radius 2 is 1.74 bits per heavy atom. The van der Waals surface area contributed by atoms with Crippen molar-refractivity contribution in [3.8, 4) is 11.4 Å². The number of nitrogens with zero attached hydrogens (tertiary/aromatic N) is 2. The molecule has 39 heavy (non-hydrogen) atoms. The van der Waals surface area contributed by atoms with Crippen molar-refractivity contribution in [1.82, 2.24) is 9.55 Å². The molecule has 2 N–H and O–H groups in total. The first-order valence-electron chi connectivity index (χ1n) is 13.1. The lowest BCUT2D eigenvalue weighted by molar-refractivity contribution is -0.181. The molecule has 212 valence electrons. The molecule has 1 aliphatic rings. The van der Waals surface area contributed by atoms with E-state index in [4.69, 9.17) is 5.73 Å². The second kappa shape index (κ2) is 10.6. The Hall–Kier alpha value is -2.95. The van der Waals surface area contributed by atoms with Gasteiger partial charge in [-0.25, -0.2) is 12.8 Å². The van der Waals surface area contributed by atoms with Crippen LogP contribution in [0, 0.1) is 24.6 Å². The van der Waals surface area contributed by atoms with Crippen LogP contribution in [0.3, 0.4) is 0 Å². The average molecular weight is 568 g/mol. The maximum atomic E-state index is 14.6. The number of alkyl halides is 3. The molecule has 3 unspecified atom stereocenters. The monoisotopic (exact) mass is 567 g/mol. The van der Waals surface area contributed by atoms with Crippen molar-refractivity contribution >= 4 is 26.6 Å². The number of hydrogen-bond acceptors (Lipinski definition) is 4. The number of carbonyl (C=O) groups excluding carboxylic acids is 1. The van der Waals surface area contributed by atoms with Gasteiger partial charge < -0.3 is 10.3 Å². The van der Waals surface area contributed by atoms with Crippen LogP contribution in [-0.2, 0) is 9.84 Å². The molecule has 1 aromatic carbocycles. The zero-order valence-corrected chi connectivity index (χ0v) is 23.2. The number of benzene rings is 1. The molecule has 0 spiro atoms. The standard InChI is InChI=1S/C28H33F4N3O3S/c1-15-12-24-21(13-22(15)29)25(27(33)36)26(35(24)19-8-6-5-7-9-19)23-11-10-20(14-34-23)39(37,38)18(4)16(2)17(3)28(30,31)32/h10-14,16-19H,5-9H2,1-4H3,(H2,33,36). The normalized spacial score (nSPS) is 17.7. The van der Waals surface area contributed by atoms with Crippen LogP contribution >= 0.6 is 0 Å². The van der Waals surface area contributed by atoms with Crippen molar-refractivity contribution in [2.45, 2.75) is 82.2 Å². The predicted octanol–water partition coefficient (Wildman–Crippen LogP) is 6.75. The smallest absolute Gasteiger partial charge is 0.366 e. The van der Waals surface area contributed by atoms with Crippen LogP contribution in [0.15, 0.2) is 35.4 Å². The molecule has 4 rings (SSSR count). The molecule has 0 saturated heterocycles. The van der Waals surface area contributed by atoms with E-state index < -0.39 is 44.8 Å². The highest BCUT2D eigenvalue weighted by atomic mass is 32.2. The molecule has 3 atom stereocenters. The topological polar surface area (TPSA) is 95.1 Å². The van der Waals surface area contributed by atoms with Crippen LogP contribution in [0.2, 0.25) is 0 Å². The molecular formula is C28H33F4N3O3S. The van der Waals surface area contributed by atoms with E-state index in [1.807, 2.05) is 4.57 Å². The largest absolute Gasteiger partial charge is 0.391 e. The third-order valence-corrected chi connectivity index (χ3v) is 10.6. The molecule has 0 aliphatic heterocycles. The van der Waals surface area contributed by atoms with Crippen LogP contribution in [0.1, 0.15) is 74.8 Å². The molecular weight excluding hydrogens is 534 g/mol. The first kappa shape index (κ1) is 29.0. The van der Waals surface area contributed by atoms with Crippen molar-refractivity contribution in [3.63, 3.8) is 0 Å². The van der Waals surface area contributed by atoms with Crippen molar-refractivity contribution in [2.24, 2.45) is 17.6 Å². The summed E-state index contributed by atoms with van der Waals surface area (Å²) in [6.45, 7) is 5.14. The van der Waals surface area contributed by atoms with Gasteiger partial charge in [0.1, 0.15) is 5.82 Å². The zero-order valence-electron chi connectivity index (χ0n) is 22.3. The fourth-order valence-electron chi connectivity index (χ4n) is 5.54. The Morgan fingerprint density at radius 3 is 2.28 bits per heavy atom. The summed E-state index contributed by atoms with van der Waals surface area (Å²) in [7, 11) is -4.15. The highest BCUT2D eigenvalue weighted by Gasteiger charge is 2.44. The van der Waals surface area contributed by atoms with E-state index in [1.54, 1.807) is 13.0 Å². The minimum atomic E-state index is -4.53. The number of fused-ring (bicyclic) bond motifs is 1. The summed E-state index contributed by atoms with van der Waals surface area (Å²) in [5.41, 5.74) is 7.59. The lowest BCUT2D eigenvalue weighted by atomic mass is 9.93. The highest BCUT2D eigenvalue weighted by molar-refractivity contribution is 7.92. The van der Waals surface area contributed by atoms with Gasteiger partial charge in [-0.1, -0.05) is 33.1 Å². The van der Waals surface area contributed by atoms with E-state index in [0.717, 1.165) is 45.2 Å². The summed E-state index contributed by atoms with van der Waals surface area (Å²) in [6.07, 6.45) is 1.29. The van der Waals surface area contributed by atoms with Crippen molar-refractivity contribution < 1.29 is 30.8 Å². The molecule has 1 saturated carbocycles. The molecule has 3 aromatic rings. The van der Waals surface area contributed by atoms with Gasteiger partial charge in [-0.15, -0.1) is 0 Å². The van der Waals surface area contributed by atoms with Crippen molar-refractivity contribution in [3.05, 3.63) is 47.4 Å². The van der Waals surface area contributed by atoms with Crippen LogP contribution < -0.4 is 5.73 Å². The molecule has 11 heteroatoms. The van der Waals surface area contributed by atoms with E-state index in [1.165, 1.54) is 32.0 Å². The number of amides is 1. The summed E-state index contributed by atoms with van der Waals surface area (Å²) >= 11 is 0. The van der Waals surface area contributed by atoms with Crippen LogP contribution in [0.4, 0.5) is 17.6 Å². The molecule has 2 aromatic heterocycles. The highest BCUT2D eigenvalue weighted by Crippen LogP contribution is 2.41. The molecule has 0 radical (unpaired) electrons. The number of aromatic nitrogens is 2. The summed E-state index contributed by atoms with van der Waals surface area (Å²) in [6, 6.07) is 5.69. The first-order chi connectivity index (χ1) is 18.2. The van der Waals surface area contributed by atoms with Gasteiger partial charge in [-0.05, 0) is 62.4 Å². The third-order valence-electron chi connectivity index (χ3n) is 8.31. The Balaban J connectivity index is 1.85. The van der Waals surface area contributed by atoms with Gasteiger partial charge in [0.05, 0.1) is 38.5 Å². The lowest BCUT2D eigenvalue weighted by Gasteiger charge is -2.28. The number of nitrogens with two attached hydrogens (primary N) is 1. The van der Waals surface area contributed by atoms with Crippen LogP contribution in [0.25, 0.3) is 22.3 Å². The first-order valence-corrected chi connectivity index (χ1v) is 14.6. The van der Waals surface area contributed by atoms with Gasteiger partial charge in [-0.2, -0.15) is 13.2 Å². The fourth-order valence-corrected chi connectivity index (χ4v) is 7.23. The second-order valence-electron chi connectivity index (χ2n) is 10.7. The number of rotatable bonds is 7. The quantitative estimate of drug-likeness (QED) is 0.320. The molecule has 0 bridgehead atoms. The van der Waals surface area contributed by atoms with E-state index in [2.05, 4.69) is 4.98 Å². The SMILES string of the molecule is Cc1cc2c(cc1F)c(C(N)=O)c(-c1ccc(S(=O)(=O)C(C)C(C)C(C)C(F)(F)F)cn1)n2C1CCCCC1. The minimum absolute atomic E-state index is 0.00384. The Bertz CT molecular complexity index is 1490. The Morgan fingerprint density at radius 1 is 1.10 bits per heavy atom. The Kier molecular flexibility index (Phi) is 7.86. The van der Waals surface area contributed by atoms with Gasteiger partial charge in [0.2, 0.25) is 0 Å². The van der Waals surface area contributed by atoms with Crippen LogP contribution in [-0.4, -0.2) is 35.3 Å². The summed E-state index contributed by atoms with van der Waals surface area (Å²) in [5, 5.41) is -0.962. The van der Waals surface area contributed by atoms with E-state index >= 15 is 0 Å². The molecule has 1 fully saturated rings. The molecule has 6 nitrogen and oxygen atoms in total. The van der Waals surface area contributed by atoms with Crippen molar-refractivity contribution in [1.29, 1.82) is 0 Å². The lowest BCUT2D eigenvalue weighted by Crippen LogP contribution is -2.36. The summed E-state index contributed by atoms with van der Waals surface area (Å²) in [4.78, 5) is 16.9. The van der Waals surface area contributed by atoms with Crippen LogP contribution in [0.5, 0.6) is 0 Å². The maximum Gasteiger partial charge on any atom is 0.391 e. The van der Waals surface area contributed by atoms with E-state index in [9.17, 15) is 30.8 Å². The van der Waals surface area contributed by atoms with Crippen molar-refractivity contribution in [2.75, 3.05) is 0 Å². The number of hydrogen-bond donors (Lipinski definition) is 1. The number of sulfone groups is 1. The van der Waals surface area contributed by atoms with Gasteiger partial charge >= 0.3 is 6.18 Å². The summed E-state index contributed by atoms with van der Waals surface area (Å²) in [5.74, 6) is -4.26.